The van der Waals surface area contributed by atoms with Crippen LogP contribution in [0.1, 0.15) is 12.8 Å². The van der Waals surface area contributed by atoms with Crippen LogP contribution in [-0.4, -0.2) is 38.5 Å². The number of para-hydroxylation sites is 1. The number of piperidine rings is 1. The first-order chi connectivity index (χ1) is 18.4. The summed E-state index contributed by atoms with van der Waals surface area (Å²) < 4.78 is 78.5. The van der Waals surface area contributed by atoms with Crippen molar-refractivity contribution in [2.24, 2.45) is 0 Å². The molecule has 1 fully saturated rings. The average molecular weight is 585 g/mol. The lowest BCUT2D eigenvalue weighted by Crippen LogP contribution is -2.53. The SMILES string of the molecule is O=C(Nc1ccc(Cl)cc1)N[C@@H]1CCCN(c2ccc(-c3ccccc3NS(=O)(=O)C(F)(F)F)cc2F)C1=O. The topological polar surface area (TPSA) is 108 Å². The number of hydrogen-bond acceptors (Lipinski definition) is 4. The zero-order valence-electron chi connectivity index (χ0n) is 19.9. The molecule has 1 aliphatic rings. The second-order valence-corrected chi connectivity index (χ2v) is 10.7. The number of nitrogens with one attached hydrogen (secondary N) is 3. The first kappa shape index (κ1) is 28.2. The Balaban J connectivity index is 1.52. The van der Waals surface area contributed by atoms with Crippen molar-refractivity contribution in [3.63, 3.8) is 0 Å². The maximum Gasteiger partial charge on any atom is 0.516 e. The fourth-order valence-electron chi connectivity index (χ4n) is 4.03. The van der Waals surface area contributed by atoms with Gasteiger partial charge in [0.1, 0.15) is 11.9 Å². The molecule has 0 radical (unpaired) electrons. The predicted molar refractivity (Wildman–Crippen MR) is 139 cm³/mol. The highest BCUT2D eigenvalue weighted by Crippen LogP contribution is 2.35. The minimum absolute atomic E-state index is 0.000778. The van der Waals surface area contributed by atoms with E-state index < -0.39 is 45.0 Å². The molecule has 8 nitrogen and oxygen atoms in total. The van der Waals surface area contributed by atoms with Crippen LogP contribution in [0.5, 0.6) is 0 Å². The van der Waals surface area contributed by atoms with Gasteiger partial charge in [0.2, 0.25) is 5.91 Å². The summed E-state index contributed by atoms with van der Waals surface area (Å²) in [7, 11) is -5.70. The molecule has 3 amide bonds. The Hall–Kier alpha value is -3.84. The molecule has 206 valence electrons. The van der Waals surface area contributed by atoms with Crippen LogP contribution in [0.2, 0.25) is 5.02 Å². The Bertz CT molecular complexity index is 1500. The zero-order valence-corrected chi connectivity index (χ0v) is 21.5. The quantitative estimate of drug-likeness (QED) is 0.322. The van der Waals surface area contributed by atoms with E-state index in [1.807, 2.05) is 0 Å². The molecule has 3 aromatic rings. The van der Waals surface area contributed by atoms with Gasteiger partial charge in [0.15, 0.2) is 0 Å². The van der Waals surface area contributed by atoms with Crippen LogP contribution in [0.15, 0.2) is 66.7 Å². The molecular weight excluding hydrogens is 564 g/mol. The highest BCUT2D eigenvalue weighted by molar-refractivity contribution is 7.93. The van der Waals surface area contributed by atoms with Gasteiger partial charge in [0, 0.05) is 22.8 Å². The standard InChI is InChI=1S/C25H21ClF4N4O4S/c26-16-8-10-17(11-9-16)31-24(36)32-21-6-3-13-34(23(21)35)22-12-7-15(14-19(22)27)18-4-1-2-5-20(18)33-39(37,38)25(28,29)30/h1-2,4-5,7-12,14,21,33H,3,6,13H2,(H2,31,32,36)/t21-/m1/s1. The molecule has 0 aliphatic carbocycles. The van der Waals surface area contributed by atoms with E-state index in [-0.39, 0.29) is 23.4 Å². The Morgan fingerprint density at radius 3 is 2.38 bits per heavy atom. The summed E-state index contributed by atoms with van der Waals surface area (Å²) >= 11 is 5.83. The Labute approximate surface area is 226 Å². The minimum Gasteiger partial charge on any atom is -0.326 e. The second kappa shape index (κ2) is 11.1. The molecule has 0 unspecified atom stereocenters. The largest absolute Gasteiger partial charge is 0.516 e. The molecular formula is C25H21ClF4N4O4S. The van der Waals surface area contributed by atoms with Crippen molar-refractivity contribution in [2.45, 2.75) is 24.4 Å². The van der Waals surface area contributed by atoms with Crippen molar-refractivity contribution in [1.82, 2.24) is 5.32 Å². The van der Waals surface area contributed by atoms with Gasteiger partial charge in [-0.1, -0.05) is 35.9 Å². The van der Waals surface area contributed by atoms with Gasteiger partial charge in [-0.2, -0.15) is 21.6 Å². The third-order valence-corrected chi connectivity index (χ3v) is 7.22. The smallest absolute Gasteiger partial charge is 0.326 e. The summed E-state index contributed by atoms with van der Waals surface area (Å²) in [5.74, 6) is -1.40. The number of benzene rings is 3. The second-order valence-electron chi connectivity index (χ2n) is 8.55. The molecule has 1 saturated heterocycles. The van der Waals surface area contributed by atoms with Gasteiger partial charge < -0.3 is 15.5 Å². The van der Waals surface area contributed by atoms with Gasteiger partial charge in [0.05, 0.1) is 11.4 Å². The van der Waals surface area contributed by atoms with Gasteiger partial charge in [-0.15, -0.1) is 0 Å². The van der Waals surface area contributed by atoms with Crippen LogP contribution < -0.4 is 20.3 Å². The minimum atomic E-state index is -5.70. The van der Waals surface area contributed by atoms with Crippen molar-refractivity contribution in [3.05, 3.63) is 77.6 Å². The van der Waals surface area contributed by atoms with E-state index in [0.29, 0.717) is 23.6 Å². The molecule has 0 bridgehead atoms. The van der Waals surface area contributed by atoms with Gasteiger partial charge >= 0.3 is 21.6 Å². The van der Waals surface area contributed by atoms with Crippen LogP contribution in [-0.2, 0) is 14.8 Å². The number of carbonyl (C=O) groups is 2. The summed E-state index contributed by atoms with van der Waals surface area (Å²) in [4.78, 5) is 26.7. The lowest BCUT2D eigenvalue weighted by atomic mass is 10.0. The number of urea groups is 1. The number of hydrogen-bond donors (Lipinski definition) is 3. The molecule has 0 aromatic heterocycles. The van der Waals surface area contributed by atoms with Gasteiger partial charge in [-0.05, 0) is 60.9 Å². The number of rotatable bonds is 6. The Kier molecular flexibility index (Phi) is 8.02. The van der Waals surface area contributed by atoms with E-state index in [1.54, 1.807) is 24.3 Å². The molecule has 0 spiro atoms. The third-order valence-electron chi connectivity index (χ3n) is 5.87. The number of anilines is 3. The summed E-state index contributed by atoms with van der Waals surface area (Å²) in [6, 6.07) is 13.6. The predicted octanol–water partition coefficient (Wildman–Crippen LogP) is 5.72. The highest BCUT2D eigenvalue weighted by atomic mass is 35.5. The summed E-state index contributed by atoms with van der Waals surface area (Å²) in [5, 5.41) is 5.65. The van der Waals surface area contributed by atoms with Crippen LogP contribution in [0.25, 0.3) is 11.1 Å². The maximum atomic E-state index is 15.2. The molecule has 4 rings (SSSR count). The molecule has 3 aromatic carbocycles. The number of alkyl halides is 3. The fourth-order valence-corrected chi connectivity index (χ4v) is 4.74. The summed E-state index contributed by atoms with van der Waals surface area (Å²) in [6.45, 7) is 0.175. The van der Waals surface area contributed by atoms with E-state index >= 15 is 4.39 Å². The van der Waals surface area contributed by atoms with Crippen LogP contribution in [0.3, 0.4) is 0 Å². The summed E-state index contributed by atoms with van der Waals surface area (Å²) in [5.41, 5.74) is -5.50. The van der Waals surface area contributed by atoms with Crippen LogP contribution in [0, 0.1) is 5.82 Å². The molecule has 39 heavy (non-hydrogen) atoms. The molecule has 3 N–H and O–H groups in total. The van der Waals surface area contributed by atoms with Crippen molar-refractivity contribution in [1.29, 1.82) is 0 Å². The van der Waals surface area contributed by atoms with Crippen LogP contribution >= 0.6 is 11.6 Å². The number of carbonyl (C=O) groups excluding carboxylic acids is 2. The summed E-state index contributed by atoms with van der Waals surface area (Å²) in [6.07, 6.45) is 0.788. The zero-order chi connectivity index (χ0) is 28.4. The van der Waals surface area contributed by atoms with Crippen molar-refractivity contribution in [2.75, 3.05) is 21.5 Å². The lowest BCUT2D eigenvalue weighted by Gasteiger charge is -2.33. The Morgan fingerprint density at radius 1 is 1.03 bits per heavy atom. The highest BCUT2D eigenvalue weighted by Gasteiger charge is 2.46. The van der Waals surface area contributed by atoms with Gasteiger partial charge in [-0.25, -0.2) is 9.18 Å². The maximum absolute atomic E-state index is 15.2. The monoisotopic (exact) mass is 584 g/mol. The number of nitrogens with zero attached hydrogens (tertiary/aromatic N) is 1. The van der Waals surface area contributed by atoms with E-state index in [4.69, 9.17) is 11.6 Å². The van der Waals surface area contributed by atoms with Gasteiger partial charge in [-0.3, -0.25) is 9.52 Å². The molecule has 1 heterocycles. The van der Waals surface area contributed by atoms with E-state index in [2.05, 4.69) is 10.6 Å². The number of sulfonamides is 1. The first-order valence-corrected chi connectivity index (χ1v) is 13.3. The lowest BCUT2D eigenvalue weighted by molar-refractivity contribution is -0.121. The molecule has 1 aliphatic heterocycles. The Morgan fingerprint density at radius 2 is 1.72 bits per heavy atom. The number of halogens is 5. The fraction of sp³-hybridized carbons (Fsp3) is 0.200. The molecule has 1 atom stereocenters. The van der Waals surface area contributed by atoms with Crippen molar-refractivity contribution in [3.8, 4) is 11.1 Å². The molecule has 14 heteroatoms. The van der Waals surface area contributed by atoms with Crippen molar-refractivity contribution >= 4 is 50.6 Å². The normalized spacial score (nSPS) is 16.1. The first-order valence-electron chi connectivity index (χ1n) is 11.5. The van der Waals surface area contributed by atoms with Crippen LogP contribution in [0.4, 0.5) is 39.4 Å². The van der Waals surface area contributed by atoms with E-state index in [9.17, 15) is 31.2 Å². The number of amides is 3. The molecule has 0 saturated carbocycles. The van der Waals surface area contributed by atoms with E-state index in [0.717, 1.165) is 12.1 Å². The average Bonchev–Trinajstić information content (AvgIpc) is 2.86. The third kappa shape index (κ3) is 6.42. The van der Waals surface area contributed by atoms with Crippen molar-refractivity contribution < 1.29 is 35.6 Å². The van der Waals surface area contributed by atoms with Gasteiger partial charge in [0.25, 0.3) is 0 Å². The van der Waals surface area contributed by atoms with E-state index in [1.165, 1.54) is 40.0 Å².